The zero-order valence-corrected chi connectivity index (χ0v) is 13.8. The SMILES string of the molecule is CCNC1CCC(C)(C)CC1CN(CCO)CCOC. The van der Waals surface area contributed by atoms with E-state index >= 15 is 0 Å². The van der Waals surface area contributed by atoms with Crippen LogP contribution in [0.1, 0.15) is 40.0 Å². The third-order valence-corrected chi connectivity index (χ3v) is 4.50. The fraction of sp³-hybridized carbons (Fsp3) is 1.00. The van der Waals surface area contributed by atoms with Gasteiger partial charge >= 0.3 is 0 Å². The van der Waals surface area contributed by atoms with E-state index in [2.05, 4.69) is 31.0 Å². The molecule has 2 atom stereocenters. The Balaban J connectivity index is 2.60. The van der Waals surface area contributed by atoms with Gasteiger partial charge in [0.1, 0.15) is 0 Å². The normalized spacial score (nSPS) is 26.1. The molecule has 0 radical (unpaired) electrons. The van der Waals surface area contributed by atoms with Crippen LogP contribution < -0.4 is 5.32 Å². The zero-order valence-electron chi connectivity index (χ0n) is 13.8. The van der Waals surface area contributed by atoms with Gasteiger partial charge in [0.05, 0.1) is 13.2 Å². The molecule has 0 heterocycles. The van der Waals surface area contributed by atoms with Gasteiger partial charge in [0.25, 0.3) is 0 Å². The van der Waals surface area contributed by atoms with Crippen LogP contribution in [0.4, 0.5) is 0 Å². The number of nitrogens with zero attached hydrogens (tertiary/aromatic N) is 1. The maximum absolute atomic E-state index is 9.24. The van der Waals surface area contributed by atoms with Crippen LogP contribution in [0.15, 0.2) is 0 Å². The summed E-state index contributed by atoms with van der Waals surface area (Å²) < 4.78 is 5.18. The van der Waals surface area contributed by atoms with Crippen molar-refractivity contribution in [3.05, 3.63) is 0 Å². The van der Waals surface area contributed by atoms with Crippen LogP contribution in [-0.2, 0) is 4.74 Å². The van der Waals surface area contributed by atoms with Crippen LogP contribution in [0.25, 0.3) is 0 Å². The van der Waals surface area contributed by atoms with Gasteiger partial charge in [-0.05, 0) is 37.1 Å². The van der Waals surface area contributed by atoms with Gasteiger partial charge in [0, 0.05) is 32.8 Å². The van der Waals surface area contributed by atoms with Gasteiger partial charge in [0.15, 0.2) is 0 Å². The van der Waals surface area contributed by atoms with Crippen molar-refractivity contribution in [3.8, 4) is 0 Å². The van der Waals surface area contributed by atoms with Crippen molar-refractivity contribution >= 4 is 0 Å². The summed E-state index contributed by atoms with van der Waals surface area (Å²) in [6.07, 6.45) is 3.83. The molecule has 1 rings (SSSR count). The van der Waals surface area contributed by atoms with Crippen molar-refractivity contribution < 1.29 is 9.84 Å². The summed E-state index contributed by atoms with van der Waals surface area (Å²) in [4.78, 5) is 2.35. The first kappa shape index (κ1) is 17.9. The minimum atomic E-state index is 0.228. The lowest BCUT2D eigenvalue weighted by Gasteiger charge is -2.43. The molecule has 0 amide bonds. The molecule has 0 saturated heterocycles. The molecule has 4 heteroatoms. The predicted octanol–water partition coefficient (Wildman–Crippen LogP) is 1.73. The van der Waals surface area contributed by atoms with Crippen LogP contribution in [0.5, 0.6) is 0 Å². The Hall–Kier alpha value is -0.160. The molecule has 0 aromatic carbocycles. The molecule has 1 fully saturated rings. The average molecular weight is 286 g/mol. The molecule has 4 nitrogen and oxygen atoms in total. The molecule has 0 aliphatic heterocycles. The summed E-state index contributed by atoms with van der Waals surface area (Å²) in [5, 5.41) is 12.9. The molecule has 20 heavy (non-hydrogen) atoms. The number of nitrogens with one attached hydrogen (secondary N) is 1. The number of aliphatic hydroxyl groups is 1. The predicted molar refractivity (Wildman–Crippen MR) is 84.0 cm³/mol. The van der Waals surface area contributed by atoms with E-state index in [-0.39, 0.29) is 6.61 Å². The van der Waals surface area contributed by atoms with Gasteiger partial charge in [-0.25, -0.2) is 0 Å². The van der Waals surface area contributed by atoms with E-state index in [0.717, 1.165) is 32.8 Å². The number of hydrogen-bond donors (Lipinski definition) is 2. The van der Waals surface area contributed by atoms with Crippen LogP contribution in [0.3, 0.4) is 0 Å². The Kier molecular flexibility index (Phi) is 8.03. The van der Waals surface area contributed by atoms with Gasteiger partial charge in [-0.1, -0.05) is 20.8 Å². The van der Waals surface area contributed by atoms with E-state index in [4.69, 9.17) is 4.74 Å². The first-order valence-electron chi connectivity index (χ1n) is 8.08. The van der Waals surface area contributed by atoms with Gasteiger partial charge in [-0.2, -0.15) is 0 Å². The lowest BCUT2D eigenvalue weighted by molar-refractivity contribution is 0.0750. The molecule has 0 bridgehead atoms. The van der Waals surface area contributed by atoms with Gasteiger partial charge < -0.3 is 15.2 Å². The lowest BCUT2D eigenvalue weighted by atomic mass is 9.69. The zero-order chi connectivity index (χ0) is 15.0. The molecular formula is C16H34N2O2. The third-order valence-electron chi connectivity index (χ3n) is 4.50. The highest BCUT2D eigenvalue weighted by atomic mass is 16.5. The quantitative estimate of drug-likeness (QED) is 0.677. The molecule has 0 spiro atoms. The fourth-order valence-electron chi connectivity index (χ4n) is 3.45. The number of ether oxygens (including phenoxy) is 1. The number of hydrogen-bond acceptors (Lipinski definition) is 4. The molecule has 1 saturated carbocycles. The first-order valence-corrected chi connectivity index (χ1v) is 8.08. The fourth-order valence-corrected chi connectivity index (χ4v) is 3.45. The molecule has 2 unspecified atom stereocenters. The van der Waals surface area contributed by atoms with Crippen molar-refractivity contribution in [2.45, 2.75) is 46.1 Å². The van der Waals surface area contributed by atoms with E-state index in [9.17, 15) is 5.11 Å². The summed E-state index contributed by atoms with van der Waals surface area (Å²) in [6, 6.07) is 0.622. The van der Waals surface area contributed by atoms with Gasteiger partial charge in [-0.15, -0.1) is 0 Å². The minimum absolute atomic E-state index is 0.228. The van der Waals surface area contributed by atoms with Crippen molar-refractivity contribution in [2.75, 3.05) is 46.5 Å². The van der Waals surface area contributed by atoms with Crippen LogP contribution in [0, 0.1) is 11.3 Å². The summed E-state index contributed by atoms with van der Waals surface area (Å²) in [7, 11) is 1.74. The van der Waals surface area contributed by atoms with Crippen molar-refractivity contribution in [3.63, 3.8) is 0 Å². The second-order valence-electron chi connectivity index (χ2n) is 6.85. The average Bonchev–Trinajstić information content (AvgIpc) is 2.39. The maximum Gasteiger partial charge on any atom is 0.0589 e. The Morgan fingerprint density at radius 2 is 2.10 bits per heavy atom. The Morgan fingerprint density at radius 1 is 1.35 bits per heavy atom. The van der Waals surface area contributed by atoms with E-state index in [1.54, 1.807) is 7.11 Å². The highest BCUT2D eigenvalue weighted by Crippen LogP contribution is 2.39. The number of aliphatic hydroxyl groups excluding tert-OH is 1. The Morgan fingerprint density at radius 3 is 2.70 bits per heavy atom. The molecule has 120 valence electrons. The second-order valence-corrected chi connectivity index (χ2v) is 6.85. The molecule has 1 aliphatic carbocycles. The van der Waals surface area contributed by atoms with Crippen molar-refractivity contribution in [1.29, 1.82) is 0 Å². The van der Waals surface area contributed by atoms with Crippen molar-refractivity contribution in [1.82, 2.24) is 10.2 Å². The van der Waals surface area contributed by atoms with E-state index in [0.29, 0.717) is 17.4 Å². The molecule has 2 N–H and O–H groups in total. The molecular weight excluding hydrogens is 252 g/mol. The van der Waals surface area contributed by atoms with Crippen LogP contribution in [-0.4, -0.2) is 62.6 Å². The third kappa shape index (κ3) is 6.08. The van der Waals surface area contributed by atoms with Crippen LogP contribution in [0.2, 0.25) is 0 Å². The van der Waals surface area contributed by atoms with Crippen LogP contribution >= 0.6 is 0 Å². The first-order chi connectivity index (χ1) is 9.52. The topological polar surface area (TPSA) is 44.7 Å². The van der Waals surface area contributed by atoms with E-state index < -0.39 is 0 Å². The standard InChI is InChI=1S/C16H34N2O2/c1-5-17-15-6-7-16(2,3)12-14(15)13-18(8-10-19)9-11-20-4/h14-15,17,19H,5-13H2,1-4H3. The maximum atomic E-state index is 9.24. The summed E-state index contributed by atoms with van der Waals surface area (Å²) in [5.74, 6) is 0.669. The summed E-state index contributed by atoms with van der Waals surface area (Å²) in [5.41, 5.74) is 0.447. The lowest BCUT2D eigenvalue weighted by Crippen LogP contribution is -2.48. The summed E-state index contributed by atoms with van der Waals surface area (Å²) in [6.45, 7) is 11.7. The number of methoxy groups -OCH3 is 1. The Labute approximate surface area is 124 Å². The monoisotopic (exact) mass is 286 g/mol. The van der Waals surface area contributed by atoms with Gasteiger partial charge in [0.2, 0.25) is 0 Å². The smallest absolute Gasteiger partial charge is 0.0589 e. The minimum Gasteiger partial charge on any atom is -0.395 e. The second kappa shape index (κ2) is 8.98. The van der Waals surface area contributed by atoms with Crippen molar-refractivity contribution in [2.24, 2.45) is 11.3 Å². The Bertz CT molecular complexity index is 259. The van der Waals surface area contributed by atoms with E-state index in [1.807, 2.05) is 0 Å². The van der Waals surface area contributed by atoms with Gasteiger partial charge in [-0.3, -0.25) is 4.90 Å². The van der Waals surface area contributed by atoms with E-state index in [1.165, 1.54) is 19.3 Å². The largest absolute Gasteiger partial charge is 0.395 e. The highest BCUT2D eigenvalue weighted by Gasteiger charge is 2.35. The highest BCUT2D eigenvalue weighted by molar-refractivity contribution is 4.90. The number of rotatable bonds is 9. The molecule has 0 aromatic heterocycles. The molecule has 0 aromatic rings. The molecule has 1 aliphatic rings. The summed E-state index contributed by atoms with van der Waals surface area (Å²) >= 11 is 0.